The fourth-order valence-electron chi connectivity index (χ4n) is 2.00. The van der Waals surface area contributed by atoms with Crippen molar-refractivity contribution in [1.29, 1.82) is 0 Å². The molecule has 0 amide bonds. The average molecular weight is 317 g/mol. The predicted molar refractivity (Wildman–Crippen MR) is 76.4 cm³/mol. The third-order valence-electron chi connectivity index (χ3n) is 3.08. The fraction of sp³-hybridized carbons (Fsp3) is 0.538. The van der Waals surface area contributed by atoms with E-state index in [1.54, 1.807) is 18.2 Å². The molecule has 1 aromatic carbocycles. The molecule has 0 aromatic heterocycles. The van der Waals surface area contributed by atoms with Gasteiger partial charge >= 0.3 is 0 Å². The summed E-state index contributed by atoms with van der Waals surface area (Å²) < 4.78 is 45.9. The van der Waals surface area contributed by atoms with Crippen LogP contribution in [-0.2, 0) is 14.8 Å². The molecule has 0 unspecified atom stereocenters. The van der Waals surface area contributed by atoms with E-state index in [4.69, 9.17) is 18.9 Å². The highest BCUT2D eigenvalue weighted by atomic mass is 32.2. The first-order chi connectivity index (χ1) is 10.1. The minimum atomic E-state index is -3.34. The zero-order chi connectivity index (χ0) is 15.3. The van der Waals surface area contributed by atoms with Crippen molar-refractivity contribution >= 4 is 10.0 Å². The number of hydrogen-bond acceptors (Lipinski definition) is 6. The SMILES string of the molecule is COc1cccc(OC)c1OCCN1CCOCS1(=O)=O. The summed E-state index contributed by atoms with van der Waals surface area (Å²) in [5.74, 6) is 1.27. The Morgan fingerprint density at radius 1 is 1.24 bits per heavy atom. The number of sulfonamides is 1. The van der Waals surface area contributed by atoms with Gasteiger partial charge in [0, 0.05) is 13.1 Å². The van der Waals surface area contributed by atoms with Crippen LogP contribution >= 0.6 is 0 Å². The molecule has 21 heavy (non-hydrogen) atoms. The lowest BCUT2D eigenvalue weighted by atomic mass is 10.3. The number of para-hydroxylation sites is 1. The molecule has 2 rings (SSSR count). The topological polar surface area (TPSA) is 74.3 Å². The normalized spacial score (nSPS) is 18.2. The Labute approximate surface area is 124 Å². The van der Waals surface area contributed by atoms with E-state index in [2.05, 4.69) is 0 Å². The Morgan fingerprint density at radius 2 is 1.90 bits per heavy atom. The molecule has 1 aromatic rings. The Balaban J connectivity index is 2.00. The molecule has 1 aliphatic heterocycles. The molecule has 0 spiro atoms. The standard InChI is InChI=1S/C13H19NO6S/c1-17-11-4-3-5-12(18-2)13(11)20-9-7-14-6-8-19-10-21(14,15)16/h3-5H,6-10H2,1-2H3. The third-order valence-corrected chi connectivity index (χ3v) is 4.70. The van der Waals surface area contributed by atoms with Gasteiger partial charge in [-0.1, -0.05) is 6.07 Å². The smallest absolute Gasteiger partial charge is 0.238 e. The van der Waals surface area contributed by atoms with Gasteiger partial charge in [0.2, 0.25) is 15.8 Å². The van der Waals surface area contributed by atoms with Crippen molar-refractivity contribution in [2.45, 2.75) is 0 Å². The molecule has 0 saturated carbocycles. The van der Waals surface area contributed by atoms with Gasteiger partial charge in [-0.2, -0.15) is 4.31 Å². The highest BCUT2D eigenvalue weighted by Crippen LogP contribution is 2.36. The molecule has 0 radical (unpaired) electrons. The van der Waals surface area contributed by atoms with E-state index in [0.717, 1.165) is 0 Å². The summed E-state index contributed by atoms with van der Waals surface area (Å²) in [5.41, 5.74) is 0. The first kappa shape index (κ1) is 15.9. The van der Waals surface area contributed by atoms with Gasteiger partial charge in [0.1, 0.15) is 6.61 Å². The summed E-state index contributed by atoms with van der Waals surface area (Å²) in [6, 6.07) is 5.30. The Morgan fingerprint density at radius 3 is 2.48 bits per heavy atom. The summed E-state index contributed by atoms with van der Waals surface area (Å²) >= 11 is 0. The molecule has 1 aliphatic rings. The molecule has 1 heterocycles. The van der Waals surface area contributed by atoms with E-state index in [1.807, 2.05) is 0 Å². The van der Waals surface area contributed by atoms with Crippen LogP contribution in [0.3, 0.4) is 0 Å². The van der Waals surface area contributed by atoms with Gasteiger partial charge in [0.25, 0.3) is 0 Å². The van der Waals surface area contributed by atoms with Gasteiger partial charge in [0.15, 0.2) is 17.4 Å². The molecular weight excluding hydrogens is 298 g/mol. The largest absolute Gasteiger partial charge is 0.493 e. The van der Waals surface area contributed by atoms with Crippen LogP contribution in [0.15, 0.2) is 18.2 Å². The van der Waals surface area contributed by atoms with Crippen molar-refractivity contribution in [3.63, 3.8) is 0 Å². The maximum atomic E-state index is 11.8. The van der Waals surface area contributed by atoms with E-state index in [-0.39, 0.29) is 19.1 Å². The molecule has 1 fully saturated rings. The maximum absolute atomic E-state index is 11.8. The highest BCUT2D eigenvalue weighted by molar-refractivity contribution is 7.88. The van der Waals surface area contributed by atoms with Crippen LogP contribution in [0.5, 0.6) is 17.2 Å². The molecule has 8 heteroatoms. The van der Waals surface area contributed by atoms with Crippen molar-refractivity contribution in [3.8, 4) is 17.2 Å². The summed E-state index contributed by atoms with van der Waals surface area (Å²) in [4.78, 5) is 0. The minimum absolute atomic E-state index is 0.204. The van der Waals surface area contributed by atoms with Crippen molar-refractivity contribution in [3.05, 3.63) is 18.2 Å². The highest BCUT2D eigenvalue weighted by Gasteiger charge is 2.26. The Bertz CT molecular complexity index is 552. The first-order valence-electron chi connectivity index (χ1n) is 6.48. The van der Waals surface area contributed by atoms with E-state index in [9.17, 15) is 8.42 Å². The van der Waals surface area contributed by atoms with Crippen molar-refractivity contribution in [2.24, 2.45) is 0 Å². The number of methoxy groups -OCH3 is 2. The van der Waals surface area contributed by atoms with Gasteiger partial charge in [0.05, 0.1) is 20.8 Å². The average Bonchev–Trinajstić information content (AvgIpc) is 2.48. The van der Waals surface area contributed by atoms with Crippen LogP contribution in [0.1, 0.15) is 0 Å². The quantitative estimate of drug-likeness (QED) is 0.769. The van der Waals surface area contributed by atoms with Crippen LogP contribution in [-0.4, -0.2) is 59.2 Å². The van der Waals surface area contributed by atoms with Gasteiger partial charge in [-0.05, 0) is 12.1 Å². The zero-order valence-corrected chi connectivity index (χ0v) is 12.9. The monoisotopic (exact) mass is 317 g/mol. The van der Waals surface area contributed by atoms with E-state index in [1.165, 1.54) is 18.5 Å². The fourth-order valence-corrected chi connectivity index (χ4v) is 3.19. The molecule has 0 N–H and O–H groups in total. The van der Waals surface area contributed by atoms with Crippen LogP contribution < -0.4 is 14.2 Å². The summed E-state index contributed by atoms with van der Waals surface area (Å²) in [6.07, 6.45) is 0. The van der Waals surface area contributed by atoms with Crippen LogP contribution in [0.4, 0.5) is 0 Å². The molecule has 1 saturated heterocycles. The van der Waals surface area contributed by atoms with Crippen LogP contribution in [0.2, 0.25) is 0 Å². The second kappa shape index (κ2) is 6.97. The van der Waals surface area contributed by atoms with Crippen molar-refractivity contribution < 1.29 is 27.4 Å². The van der Waals surface area contributed by atoms with Crippen molar-refractivity contribution in [1.82, 2.24) is 4.31 Å². The predicted octanol–water partition coefficient (Wildman–Crippen LogP) is 0.702. The van der Waals surface area contributed by atoms with Gasteiger partial charge < -0.3 is 18.9 Å². The van der Waals surface area contributed by atoms with E-state index >= 15 is 0 Å². The molecule has 118 valence electrons. The lowest BCUT2D eigenvalue weighted by Gasteiger charge is -2.26. The van der Waals surface area contributed by atoms with Crippen LogP contribution in [0.25, 0.3) is 0 Å². The van der Waals surface area contributed by atoms with Crippen molar-refractivity contribution in [2.75, 3.05) is 46.5 Å². The lowest BCUT2D eigenvalue weighted by Crippen LogP contribution is -2.43. The number of benzene rings is 1. The molecule has 0 atom stereocenters. The first-order valence-corrected chi connectivity index (χ1v) is 8.09. The summed E-state index contributed by atoms with van der Waals surface area (Å²) in [7, 11) is -0.269. The van der Waals surface area contributed by atoms with Gasteiger partial charge in [-0.15, -0.1) is 0 Å². The zero-order valence-electron chi connectivity index (χ0n) is 12.1. The second-order valence-electron chi connectivity index (χ2n) is 4.38. The summed E-state index contributed by atoms with van der Waals surface area (Å²) in [5, 5.41) is 0. The summed E-state index contributed by atoms with van der Waals surface area (Å²) in [6.45, 7) is 1.20. The number of nitrogens with zero attached hydrogens (tertiary/aromatic N) is 1. The Kier molecular flexibility index (Phi) is 5.27. The van der Waals surface area contributed by atoms with E-state index in [0.29, 0.717) is 30.4 Å². The Hall–Kier alpha value is -1.51. The van der Waals surface area contributed by atoms with Gasteiger partial charge in [-0.3, -0.25) is 0 Å². The third kappa shape index (κ3) is 3.78. The van der Waals surface area contributed by atoms with Gasteiger partial charge in [-0.25, -0.2) is 8.42 Å². The second-order valence-corrected chi connectivity index (χ2v) is 6.29. The molecule has 0 bridgehead atoms. The number of hydrogen-bond donors (Lipinski definition) is 0. The van der Waals surface area contributed by atoms with Crippen LogP contribution in [0, 0.1) is 0 Å². The molecule has 0 aliphatic carbocycles. The maximum Gasteiger partial charge on any atom is 0.238 e. The minimum Gasteiger partial charge on any atom is -0.493 e. The molecular formula is C13H19NO6S. The lowest BCUT2D eigenvalue weighted by molar-refractivity contribution is 0.125. The number of rotatable bonds is 6. The van der Waals surface area contributed by atoms with E-state index < -0.39 is 10.0 Å². The number of ether oxygens (including phenoxy) is 4. The molecule has 7 nitrogen and oxygen atoms in total.